The van der Waals surface area contributed by atoms with Crippen molar-refractivity contribution in [2.75, 3.05) is 19.0 Å². The number of esters is 1. The van der Waals surface area contributed by atoms with Gasteiger partial charge in [-0.3, -0.25) is 0 Å². The van der Waals surface area contributed by atoms with Gasteiger partial charge in [0.2, 0.25) is 0 Å². The molecule has 6 heteroatoms. The van der Waals surface area contributed by atoms with Gasteiger partial charge in [0.1, 0.15) is 23.2 Å². The van der Waals surface area contributed by atoms with Crippen LogP contribution in [0.1, 0.15) is 53.9 Å². The van der Waals surface area contributed by atoms with Crippen molar-refractivity contribution in [1.29, 1.82) is 0 Å². The van der Waals surface area contributed by atoms with Gasteiger partial charge in [-0.1, -0.05) is 29.8 Å². The van der Waals surface area contributed by atoms with E-state index in [1.807, 2.05) is 82.3 Å². The molecule has 2 atom stereocenters. The second kappa shape index (κ2) is 10.4. The first-order chi connectivity index (χ1) is 16.8. The van der Waals surface area contributed by atoms with Crippen LogP contribution < -0.4 is 14.8 Å². The van der Waals surface area contributed by atoms with E-state index >= 15 is 0 Å². The van der Waals surface area contributed by atoms with Crippen LogP contribution in [0.5, 0.6) is 11.5 Å². The molecule has 0 aromatic heterocycles. The highest BCUT2D eigenvalue weighted by atomic mass is 16.6. The van der Waals surface area contributed by atoms with Crippen LogP contribution in [-0.2, 0) is 16.0 Å². The van der Waals surface area contributed by atoms with Crippen LogP contribution in [0.3, 0.4) is 0 Å². The van der Waals surface area contributed by atoms with Gasteiger partial charge in [0.15, 0.2) is 6.10 Å². The fourth-order valence-electron chi connectivity index (χ4n) is 4.22. The number of anilines is 1. The summed E-state index contributed by atoms with van der Waals surface area (Å²) in [5.41, 5.74) is 3.72. The fourth-order valence-corrected chi connectivity index (χ4v) is 4.22. The zero-order valence-electron chi connectivity index (χ0n) is 21.0. The molecule has 6 nitrogen and oxygen atoms in total. The second-order valence-electron chi connectivity index (χ2n) is 9.23. The van der Waals surface area contributed by atoms with Gasteiger partial charge in [-0.25, -0.2) is 4.79 Å². The minimum atomic E-state index is -0.773. The topological polar surface area (TPSA) is 66.0 Å². The lowest BCUT2D eigenvalue weighted by Crippen LogP contribution is -2.51. The van der Waals surface area contributed by atoms with Crippen LogP contribution in [0.15, 0.2) is 66.7 Å². The van der Waals surface area contributed by atoms with Gasteiger partial charge in [-0.05, 0) is 75.7 Å². The van der Waals surface area contributed by atoms with E-state index in [-0.39, 0.29) is 0 Å². The first-order valence-corrected chi connectivity index (χ1v) is 11.9. The number of carbonyl (C=O) groups is 1. The fraction of sp³-hybridized carbons (Fsp3) is 0.345. The highest BCUT2D eigenvalue weighted by Gasteiger charge is 2.47. The van der Waals surface area contributed by atoms with Crippen molar-refractivity contribution in [3.8, 4) is 11.5 Å². The van der Waals surface area contributed by atoms with Crippen molar-refractivity contribution in [2.24, 2.45) is 0 Å². The highest BCUT2D eigenvalue weighted by molar-refractivity contribution is 5.89. The van der Waals surface area contributed by atoms with Crippen molar-refractivity contribution in [3.63, 3.8) is 0 Å². The summed E-state index contributed by atoms with van der Waals surface area (Å²) >= 11 is 0. The van der Waals surface area contributed by atoms with Crippen LogP contribution in [0, 0.1) is 6.92 Å². The minimum absolute atomic E-state index is 0.395. The SMILES string of the molecule is CCOC1c2cc(NCc3ccc(OC)cc3)ccc2OC(C)(C)C1OC(=O)c1ccc(C)cc1. The van der Waals surface area contributed by atoms with Gasteiger partial charge < -0.3 is 24.3 Å². The lowest BCUT2D eigenvalue weighted by Gasteiger charge is -2.43. The van der Waals surface area contributed by atoms with Crippen molar-refractivity contribution in [1.82, 2.24) is 0 Å². The number of ether oxygens (including phenoxy) is 4. The molecular formula is C29H33NO5. The third-order valence-corrected chi connectivity index (χ3v) is 6.17. The van der Waals surface area contributed by atoms with Gasteiger partial charge in [-0.15, -0.1) is 0 Å². The number of benzene rings is 3. The number of rotatable bonds is 8. The molecule has 0 saturated heterocycles. The van der Waals surface area contributed by atoms with Crippen molar-refractivity contribution in [2.45, 2.75) is 52.0 Å². The molecule has 35 heavy (non-hydrogen) atoms. The standard InChI is InChI=1S/C29H33NO5/c1-6-33-26-24-17-22(30-18-20-9-14-23(32-5)15-10-20)13-16-25(24)35-29(3,4)27(26)34-28(31)21-11-7-19(2)8-12-21/h7-17,26-27,30H,6,18H2,1-5H3. The molecule has 0 fully saturated rings. The van der Waals surface area contributed by atoms with Gasteiger partial charge in [0.05, 0.1) is 12.7 Å². The molecule has 0 saturated carbocycles. The van der Waals surface area contributed by atoms with Gasteiger partial charge >= 0.3 is 5.97 Å². The van der Waals surface area contributed by atoms with Gasteiger partial charge in [-0.2, -0.15) is 0 Å². The summed E-state index contributed by atoms with van der Waals surface area (Å²) in [6, 6.07) is 21.2. The van der Waals surface area contributed by atoms with Crippen LogP contribution >= 0.6 is 0 Å². The number of methoxy groups -OCH3 is 1. The Kier molecular flexibility index (Phi) is 7.31. The van der Waals surface area contributed by atoms with Crippen LogP contribution in [0.4, 0.5) is 5.69 Å². The molecule has 1 N–H and O–H groups in total. The molecule has 3 aromatic carbocycles. The third kappa shape index (κ3) is 5.60. The largest absolute Gasteiger partial charge is 0.497 e. The highest BCUT2D eigenvalue weighted by Crippen LogP contribution is 2.44. The number of fused-ring (bicyclic) bond motifs is 1. The van der Waals surface area contributed by atoms with E-state index in [9.17, 15) is 4.79 Å². The molecule has 1 aliphatic rings. The Morgan fingerprint density at radius 3 is 2.40 bits per heavy atom. The Labute approximate surface area is 207 Å². The Morgan fingerprint density at radius 2 is 1.74 bits per heavy atom. The Balaban J connectivity index is 1.57. The Bertz CT molecular complexity index is 1150. The number of aryl methyl sites for hydroxylation is 1. The van der Waals surface area contributed by atoms with E-state index in [0.717, 1.165) is 33.9 Å². The smallest absolute Gasteiger partial charge is 0.338 e. The lowest BCUT2D eigenvalue weighted by atomic mass is 9.87. The molecule has 3 aromatic rings. The van der Waals surface area contributed by atoms with E-state index < -0.39 is 23.8 Å². The molecule has 0 radical (unpaired) electrons. The summed E-state index contributed by atoms with van der Waals surface area (Å²) in [5, 5.41) is 3.46. The number of carbonyl (C=O) groups excluding carboxylic acids is 1. The zero-order chi connectivity index (χ0) is 25.0. The molecular weight excluding hydrogens is 442 g/mol. The molecule has 4 rings (SSSR count). The predicted octanol–water partition coefficient (Wildman–Crippen LogP) is 6.09. The summed E-state index contributed by atoms with van der Waals surface area (Å²) in [5.74, 6) is 1.16. The van der Waals surface area contributed by atoms with Gasteiger partial charge in [0.25, 0.3) is 0 Å². The van der Waals surface area contributed by atoms with Crippen molar-refractivity contribution in [3.05, 3.63) is 89.0 Å². The van der Waals surface area contributed by atoms with Gasteiger partial charge in [0, 0.05) is 24.4 Å². The molecule has 1 aliphatic heterocycles. The van der Waals surface area contributed by atoms with Crippen LogP contribution in [0.25, 0.3) is 0 Å². The number of hydrogen-bond donors (Lipinski definition) is 1. The van der Waals surface area contributed by atoms with E-state index in [1.54, 1.807) is 19.2 Å². The molecule has 184 valence electrons. The predicted molar refractivity (Wildman–Crippen MR) is 136 cm³/mol. The first-order valence-electron chi connectivity index (χ1n) is 11.9. The Hall–Kier alpha value is -3.51. The summed E-state index contributed by atoms with van der Waals surface area (Å²) < 4.78 is 23.7. The molecule has 2 unspecified atom stereocenters. The lowest BCUT2D eigenvalue weighted by molar-refractivity contribution is -0.137. The minimum Gasteiger partial charge on any atom is -0.497 e. The van der Waals surface area contributed by atoms with Crippen LogP contribution in [0.2, 0.25) is 0 Å². The van der Waals surface area contributed by atoms with E-state index in [4.69, 9.17) is 18.9 Å². The average molecular weight is 476 g/mol. The first kappa shape index (κ1) is 24.6. The number of hydrogen-bond acceptors (Lipinski definition) is 6. The average Bonchev–Trinajstić information content (AvgIpc) is 2.85. The van der Waals surface area contributed by atoms with E-state index in [2.05, 4.69) is 5.32 Å². The zero-order valence-corrected chi connectivity index (χ0v) is 21.0. The summed E-state index contributed by atoms with van der Waals surface area (Å²) in [7, 11) is 1.66. The van der Waals surface area contributed by atoms with Crippen molar-refractivity contribution >= 4 is 11.7 Å². The molecule has 0 aliphatic carbocycles. The van der Waals surface area contributed by atoms with Crippen LogP contribution in [-0.4, -0.2) is 31.4 Å². The molecule has 0 bridgehead atoms. The summed E-state index contributed by atoms with van der Waals surface area (Å²) in [6.07, 6.45) is -1.09. The maximum Gasteiger partial charge on any atom is 0.338 e. The van der Waals surface area contributed by atoms with E-state index in [1.165, 1.54) is 0 Å². The Morgan fingerprint density at radius 1 is 1.03 bits per heavy atom. The van der Waals surface area contributed by atoms with E-state index in [0.29, 0.717) is 18.7 Å². The molecule has 0 amide bonds. The van der Waals surface area contributed by atoms with Crippen molar-refractivity contribution < 1.29 is 23.7 Å². The molecule has 0 spiro atoms. The second-order valence-corrected chi connectivity index (χ2v) is 9.23. The third-order valence-electron chi connectivity index (χ3n) is 6.17. The maximum atomic E-state index is 13.0. The number of nitrogens with one attached hydrogen (secondary N) is 1. The summed E-state index contributed by atoms with van der Waals surface area (Å²) in [6.45, 7) is 8.89. The summed E-state index contributed by atoms with van der Waals surface area (Å²) in [4.78, 5) is 13.0. The maximum absolute atomic E-state index is 13.0. The monoisotopic (exact) mass is 475 g/mol. The normalized spacial score (nSPS) is 18.2. The quantitative estimate of drug-likeness (QED) is 0.398. The molecule has 1 heterocycles.